The number of carbonyl (C=O) groups is 1. The average molecular weight is 180 g/mol. The number of Topliss-reactive ketones (excluding diaryl/α,β-unsaturated/α-hetero) is 1. The topological polar surface area (TPSA) is 17.1 Å². The summed E-state index contributed by atoms with van der Waals surface area (Å²) >= 11 is 0. The van der Waals surface area contributed by atoms with Crippen molar-refractivity contribution in [3.63, 3.8) is 0 Å². The van der Waals surface area contributed by atoms with Crippen molar-refractivity contribution in [3.05, 3.63) is 0 Å². The van der Waals surface area contributed by atoms with Crippen molar-refractivity contribution in [2.24, 2.45) is 17.8 Å². The lowest BCUT2D eigenvalue weighted by atomic mass is 9.84. The Morgan fingerprint density at radius 1 is 1.31 bits per heavy atom. The van der Waals surface area contributed by atoms with Crippen molar-refractivity contribution in [1.29, 1.82) is 0 Å². The van der Waals surface area contributed by atoms with E-state index in [0.29, 0.717) is 17.6 Å². The van der Waals surface area contributed by atoms with E-state index in [1.807, 2.05) is 0 Å². The molecule has 0 spiro atoms. The van der Waals surface area contributed by atoms with Gasteiger partial charge in [0.15, 0.2) is 0 Å². The predicted octanol–water partition coefficient (Wildman–Crippen LogP) is 3.18. The van der Waals surface area contributed by atoms with Crippen LogP contribution in [-0.4, -0.2) is 5.78 Å². The zero-order valence-corrected chi connectivity index (χ0v) is 8.59. The minimum absolute atomic E-state index is 0.477. The largest absolute Gasteiger partial charge is 0.299 e. The van der Waals surface area contributed by atoms with Gasteiger partial charge in [-0.05, 0) is 31.6 Å². The van der Waals surface area contributed by atoms with Crippen molar-refractivity contribution >= 4 is 5.78 Å². The maximum atomic E-state index is 11.8. The number of fused-ring (bicyclic) bond motifs is 2. The first kappa shape index (κ1) is 9.23. The van der Waals surface area contributed by atoms with E-state index in [9.17, 15) is 4.79 Å². The third-order valence-electron chi connectivity index (χ3n) is 3.93. The molecular weight excluding hydrogens is 160 g/mol. The Morgan fingerprint density at radius 3 is 2.77 bits per heavy atom. The molecule has 2 aliphatic carbocycles. The summed E-state index contributed by atoms with van der Waals surface area (Å²) in [6, 6.07) is 0. The molecule has 0 saturated heterocycles. The van der Waals surface area contributed by atoms with Crippen LogP contribution in [0.4, 0.5) is 0 Å². The van der Waals surface area contributed by atoms with Gasteiger partial charge in [-0.3, -0.25) is 4.79 Å². The fourth-order valence-electron chi connectivity index (χ4n) is 3.17. The molecular formula is C12H20O. The van der Waals surface area contributed by atoms with Crippen LogP contribution < -0.4 is 0 Å². The van der Waals surface area contributed by atoms with Gasteiger partial charge in [0, 0.05) is 11.8 Å². The van der Waals surface area contributed by atoms with Crippen LogP contribution in [0.2, 0.25) is 0 Å². The molecule has 2 fully saturated rings. The number of rotatable bonds is 4. The van der Waals surface area contributed by atoms with Gasteiger partial charge < -0.3 is 0 Å². The lowest BCUT2D eigenvalue weighted by Crippen LogP contribution is -2.21. The number of ketones is 1. The van der Waals surface area contributed by atoms with Gasteiger partial charge in [0.2, 0.25) is 0 Å². The van der Waals surface area contributed by atoms with E-state index >= 15 is 0 Å². The minimum Gasteiger partial charge on any atom is -0.299 e. The van der Waals surface area contributed by atoms with Crippen LogP contribution in [0.1, 0.15) is 51.9 Å². The first-order valence-corrected chi connectivity index (χ1v) is 5.86. The van der Waals surface area contributed by atoms with Crippen molar-refractivity contribution in [1.82, 2.24) is 0 Å². The predicted molar refractivity (Wildman–Crippen MR) is 53.5 cm³/mol. The third-order valence-corrected chi connectivity index (χ3v) is 3.93. The summed E-state index contributed by atoms with van der Waals surface area (Å²) in [6.45, 7) is 2.22. The van der Waals surface area contributed by atoms with Crippen molar-refractivity contribution in [2.45, 2.75) is 51.9 Å². The first-order chi connectivity index (χ1) is 6.33. The maximum Gasteiger partial charge on any atom is 0.139 e. The molecule has 1 nitrogen and oxygen atoms in total. The molecule has 2 bridgehead atoms. The van der Waals surface area contributed by atoms with Crippen LogP contribution in [0.25, 0.3) is 0 Å². The van der Waals surface area contributed by atoms with Crippen LogP contribution in [0.5, 0.6) is 0 Å². The zero-order chi connectivity index (χ0) is 9.26. The van der Waals surface area contributed by atoms with Crippen LogP contribution in [0.15, 0.2) is 0 Å². The summed E-state index contributed by atoms with van der Waals surface area (Å²) in [5, 5.41) is 0. The second kappa shape index (κ2) is 3.81. The van der Waals surface area contributed by atoms with Crippen molar-refractivity contribution in [3.8, 4) is 0 Å². The Hall–Kier alpha value is -0.330. The third kappa shape index (κ3) is 1.66. The van der Waals surface area contributed by atoms with Gasteiger partial charge in [-0.1, -0.05) is 26.2 Å². The number of carbonyl (C=O) groups excluding carboxylic acids is 1. The van der Waals surface area contributed by atoms with Crippen LogP contribution in [0, 0.1) is 17.8 Å². The standard InChI is InChI=1S/C12H20O/c1-2-3-4-5-11-9-6-7-10(8-9)12(11)13/h9-11H,2-8H2,1H3. The molecule has 0 radical (unpaired) electrons. The summed E-state index contributed by atoms with van der Waals surface area (Å²) in [7, 11) is 0. The summed E-state index contributed by atoms with van der Waals surface area (Å²) in [6.07, 6.45) is 8.82. The van der Waals surface area contributed by atoms with E-state index < -0.39 is 0 Å². The van der Waals surface area contributed by atoms with E-state index in [4.69, 9.17) is 0 Å². The van der Waals surface area contributed by atoms with E-state index in [1.165, 1.54) is 44.9 Å². The molecule has 2 rings (SSSR count). The molecule has 0 N–H and O–H groups in total. The fourth-order valence-corrected chi connectivity index (χ4v) is 3.17. The molecule has 0 aromatic carbocycles. The zero-order valence-electron chi connectivity index (χ0n) is 8.59. The summed E-state index contributed by atoms with van der Waals surface area (Å²) < 4.78 is 0. The highest BCUT2D eigenvalue weighted by molar-refractivity contribution is 5.86. The Morgan fingerprint density at radius 2 is 2.15 bits per heavy atom. The van der Waals surface area contributed by atoms with Gasteiger partial charge in [0.05, 0.1) is 0 Å². The van der Waals surface area contributed by atoms with Gasteiger partial charge >= 0.3 is 0 Å². The Kier molecular flexibility index (Phi) is 2.71. The molecule has 3 atom stereocenters. The Balaban J connectivity index is 1.83. The second-order valence-corrected chi connectivity index (χ2v) is 4.77. The lowest BCUT2D eigenvalue weighted by Gasteiger charge is -2.19. The highest BCUT2D eigenvalue weighted by atomic mass is 16.1. The molecule has 0 heterocycles. The molecule has 2 aliphatic rings. The Labute approximate surface area is 80.9 Å². The number of hydrogen-bond acceptors (Lipinski definition) is 1. The first-order valence-electron chi connectivity index (χ1n) is 5.86. The van der Waals surface area contributed by atoms with E-state index in [0.717, 1.165) is 5.92 Å². The normalized spacial score (nSPS) is 37.3. The molecule has 1 heteroatoms. The molecule has 13 heavy (non-hydrogen) atoms. The monoisotopic (exact) mass is 180 g/mol. The van der Waals surface area contributed by atoms with Crippen molar-refractivity contribution < 1.29 is 4.79 Å². The van der Waals surface area contributed by atoms with Crippen LogP contribution >= 0.6 is 0 Å². The van der Waals surface area contributed by atoms with Gasteiger partial charge in [-0.15, -0.1) is 0 Å². The fraction of sp³-hybridized carbons (Fsp3) is 0.917. The summed E-state index contributed by atoms with van der Waals surface area (Å²) in [5.74, 6) is 2.36. The van der Waals surface area contributed by atoms with E-state index in [1.54, 1.807) is 0 Å². The molecule has 0 aromatic heterocycles. The summed E-state index contributed by atoms with van der Waals surface area (Å²) in [5.41, 5.74) is 0. The maximum absolute atomic E-state index is 11.8. The van der Waals surface area contributed by atoms with Crippen molar-refractivity contribution in [2.75, 3.05) is 0 Å². The molecule has 3 unspecified atom stereocenters. The highest BCUT2D eigenvalue weighted by Gasteiger charge is 2.45. The highest BCUT2D eigenvalue weighted by Crippen LogP contribution is 2.47. The van der Waals surface area contributed by atoms with Crippen LogP contribution in [-0.2, 0) is 4.79 Å². The Bertz CT molecular complexity index is 197. The molecule has 0 aromatic rings. The quantitative estimate of drug-likeness (QED) is 0.607. The van der Waals surface area contributed by atoms with Gasteiger partial charge in [-0.25, -0.2) is 0 Å². The van der Waals surface area contributed by atoms with E-state index in [2.05, 4.69) is 6.92 Å². The van der Waals surface area contributed by atoms with Gasteiger partial charge in [-0.2, -0.15) is 0 Å². The molecule has 2 saturated carbocycles. The number of hydrogen-bond donors (Lipinski definition) is 0. The second-order valence-electron chi connectivity index (χ2n) is 4.77. The van der Waals surface area contributed by atoms with Gasteiger partial charge in [0.25, 0.3) is 0 Å². The van der Waals surface area contributed by atoms with Crippen LogP contribution in [0.3, 0.4) is 0 Å². The minimum atomic E-state index is 0.477. The van der Waals surface area contributed by atoms with E-state index in [-0.39, 0.29) is 0 Å². The average Bonchev–Trinajstić information content (AvgIpc) is 2.69. The molecule has 0 amide bonds. The number of unbranched alkanes of at least 4 members (excludes halogenated alkanes) is 2. The molecule has 0 aliphatic heterocycles. The lowest BCUT2D eigenvalue weighted by molar-refractivity contribution is -0.126. The smallest absolute Gasteiger partial charge is 0.139 e. The summed E-state index contributed by atoms with van der Waals surface area (Å²) in [4.78, 5) is 11.8. The molecule has 74 valence electrons. The van der Waals surface area contributed by atoms with Gasteiger partial charge in [0.1, 0.15) is 5.78 Å². The SMILES string of the molecule is CCCCCC1C(=O)C2CCC1C2.